The molecule has 2 amide bonds. The summed E-state index contributed by atoms with van der Waals surface area (Å²) in [6.45, 7) is 19.8. The maximum absolute atomic E-state index is 12.7. The molecule has 0 aliphatic heterocycles. The van der Waals surface area contributed by atoms with Crippen molar-refractivity contribution in [2.24, 2.45) is 5.41 Å². The molecule has 0 saturated carbocycles. The zero-order chi connectivity index (χ0) is 23.2. The van der Waals surface area contributed by atoms with Crippen molar-refractivity contribution in [1.29, 1.82) is 0 Å². The lowest BCUT2D eigenvalue weighted by Gasteiger charge is -2.29. The van der Waals surface area contributed by atoms with Crippen molar-refractivity contribution in [2.75, 3.05) is 18.4 Å². The largest absolute Gasteiger partial charge is 0.444 e. The molecule has 30 heavy (non-hydrogen) atoms. The van der Waals surface area contributed by atoms with E-state index in [-0.39, 0.29) is 16.9 Å². The van der Waals surface area contributed by atoms with E-state index in [9.17, 15) is 9.59 Å². The Bertz CT molecular complexity index is 698. The first-order chi connectivity index (χ1) is 13.6. The molecule has 1 atom stereocenters. The van der Waals surface area contributed by atoms with Gasteiger partial charge in [0, 0.05) is 19.3 Å². The van der Waals surface area contributed by atoms with Gasteiger partial charge in [-0.15, -0.1) is 0 Å². The Morgan fingerprint density at radius 3 is 2.27 bits per heavy atom. The van der Waals surface area contributed by atoms with Gasteiger partial charge in [0.15, 0.2) is 5.82 Å². The van der Waals surface area contributed by atoms with Gasteiger partial charge in [-0.25, -0.2) is 9.78 Å². The Balaban J connectivity index is 2.73. The first kappa shape index (κ1) is 25.9. The van der Waals surface area contributed by atoms with E-state index in [1.54, 1.807) is 27.1 Å². The lowest BCUT2D eigenvalue weighted by molar-refractivity contribution is -0.118. The molecule has 0 saturated heterocycles. The molecular formula is C22H41N5O3. The highest BCUT2D eigenvalue weighted by Gasteiger charge is 2.25. The summed E-state index contributed by atoms with van der Waals surface area (Å²) in [6.07, 6.45) is 4.17. The smallest absolute Gasteiger partial charge is 0.408 e. The molecule has 0 bridgehead atoms. The third-order valence-corrected chi connectivity index (χ3v) is 4.33. The van der Waals surface area contributed by atoms with E-state index in [0.29, 0.717) is 12.2 Å². The van der Waals surface area contributed by atoms with Crippen LogP contribution in [0.25, 0.3) is 0 Å². The summed E-state index contributed by atoms with van der Waals surface area (Å²) in [5, 5.41) is 8.95. The monoisotopic (exact) mass is 423 g/mol. The number of alkyl carbamates (subject to hydrolysis) is 1. The Labute approximate surface area is 181 Å². The van der Waals surface area contributed by atoms with E-state index in [1.807, 2.05) is 17.7 Å². The first-order valence-electron chi connectivity index (χ1n) is 10.7. The van der Waals surface area contributed by atoms with Crippen molar-refractivity contribution in [2.45, 2.75) is 92.3 Å². The summed E-state index contributed by atoms with van der Waals surface area (Å²) in [6, 6.07) is -0.684. The van der Waals surface area contributed by atoms with E-state index in [1.165, 1.54) is 0 Å². The number of ether oxygens (including phenoxy) is 1. The predicted octanol–water partition coefficient (Wildman–Crippen LogP) is 3.89. The molecule has 0 spiro atoms. The van der Waals surface area contributed by atoms with E-state index in [0.717, 1.165) is 19.5 Å². The van der Waals surface area contributed by atoms with Crippen molar-refractivity contribution in [3.63, 3.8) is 0 Å². The number of nitrogens with one attached hydrogen (secondary N) is 3. The maximum atomic E-state index is 12.7. The molecule has 172 valence electrons. The van der Waals surface area contributed by atoms with Gasteiger partial charge in [-0.05, 0) is 46.5 Å². The van der Waals surface area contributed by atoms with Crippen LogP contribution in [0, 0.1) is 5.41 Å². The minimum Gasteiger partial charge on any atom is -0.444 e. The van der Waals surface area contributed by atoms with Crippen LogP contribution in [0.5, 0.6) is 0 Å². The number of amides is 2. The topological polar surface area (TPSA) is 97.3 Å². The van der Waals surface area contributed by atoms with Crippen LogP contribution in [0.15, 0.2) is 12.5 Å². The van der Waals surface area contributed by atoms with Crippen molar-refractivity contribution in [3.8, 4) is 0 Å². The van der Waals surface area contributed by atoms with Gasteiger partial charge in [-0.3, -0.25) is 4.79 Å². The van der Waals surface area contributed by atoms with Gasteiger partial charge in [0.25, 0.3) is 0 Å². The van der Waals surface area contributed by atoms with Gasteiger partial charge in [0.2, 0.25) is 5.91 Å². The van der Waals surface area contributed by atoms with Crippen molar-refractivity contribution in [1.82, 2.24) is 20.2 Å². The van der Waals surface area contributed by atoms with Crippen molar-refractivity contribution < 1.29 is 14.3 Å². The van der Waals surface area contributed by atoms with Crippen LogP contribution in [0.4, 0.5) is 10.6 Å². The Hall–Kier alpha value is -2.09. The van der Waals surface area contributed by atoms with Crippen LogP contribution in [0.3, 0.4) is 0 Å². The molecule has 8 heteroatoms. The third kappa shape index (κ3) is 9.61. The molecule has 1 rings (SSSR count). The number of rotatable bonds is 9. The summed E-state index contributed by atoms with van der Waals surface area (Å²) < 4.78 is 7.25. The normalized spacial score (nSPS) is 13.6. The Kier molecular flexibility index (Phi) is 8.90. The lowest BCUT2D eigenvalue weighted by Crippen LogP contribution is -2.45. The molecule has 0 aromatic carbocycles. The van der Waals surface area contributed by atoms with Gasteiger partial charge in [0.1, 0.15) is 11.6 Å². The molecule has 0 aliphatic rings. The second-order valence-corrected chi connectivity index (χ2v) is 10.6. The molecule has 1 unspecified atom stereocenters. The highest BCUT2D eigenvalue weighted by Crippen LogP contribution is 2.18. The number of carbonyl (C=O) groups excluding carboxylic acids is 2. The molecule has 0 radical (unpaired) electrons. The van der Waals surface area contributed by atoms with Crippen LogP contribution in [-0.2, 0) is 15.1 Å². The number of nitrogens with zero attached hydrogens (tertiary/aromatic N) is 2. The summed E-state index contributed by atoms with van der Waals surface area (Å²) >= 11 is 0. The minimum atomic E-state index is -0.684. The molecule has 1 heterocycles. The first-order valence-corrected chi connectivity index (χ1v) is 10.7. The van der Waals surface area contributed by atoms with Gasteiger partial charge in [-0.1, -0.05) is 34.1 Å². The predicted molar refractivity (Wildman–Crippen MR) is 121 cm³/mol. The van der Waals surface area contributed by atoms with Crippen molar-refractivity contribution >= 4 is 17.8 Å². The number of carbonyl (C=O) groups is 2. The van der Waals surface area contributed by atoms with Crippen LogP contribution >= 0.6 is 0 Å². The second kappa shape index (κ2) is 10.3. The van der Waals surface area contributed by atoms with E-state index in [4.69, 9.17) is 4.74 Å². The minimum absolute atomic E-state index is 0.208. The second-order valence-electron chi connectivity index (χ2n) is 10.6. The summed E-state index contributed by atoms with van der Waals surface area (Å²) in [5.74, 6) is 0.146. The zero-order valence-electron chi connectivity index (χ0n) is 20.2. The van der Waals surface area contributed by atoms with E-state index < -0.39 is 17.7 Å². The fourth-order valence-corrected chi connectivity index (χ4v) is 2.77. The number of anilines is 1. The average Bonchev–Trinajstić information content (AvgIpc) is 3.00. The fraction of sp³-hybridized carbons (Fsp3) is 0.773. The molecule has 3 N–H and O–H groups in total. The number of hydrogen-bond donors (Lipinski definition) is 3. The van der Waals surface area contributed by atoms with E-state index >= 15 is 0 Å². The lowest BCUT2D eigenvalue weighted by atomic mass is 9.96. The van der Waals surface area contributed by atoms with Gasteiger partial charge in [0.05, 0.1) is 11.9 Å². The average molecular weight is 424 g/mol. The summed E-state index contributed by atoms with van der Waals surface area (Å²) in [7, 11) is 0. The quantitative estimate of drug-likeness (QED) is 0.560. The van der Waals surface area contributed by atoms with Crippen LogP contribution in [0.2, 0.25) is 0 Å². The Morgan fingerprint density at radius 2 is 1.73 bits per heavy atom. The molecule has 0 fully saturated rings. The molecule has 1 aromatic heterocycles. The van der Waals surface area contributed by atoms with Crippen LogP contribution < -0.4 is 16.0 Å². The summed E-state index contributed by atoms with van der Waals surface area (Å²) in [4.78, 5) is 29.1. The SMILES string of the molecule is CCCC(NC(=O)OC(C)(C)C)C(=O)Nc1cn(C(C)(C)CNCC(C)(C)C)cn1. The highest BCUT2D eigenvalue weighted by atomic mass is 16.6. The van der Waals surface area contributed by atoms with Gasteiger partial charge < -0.3 is 25.3 Å². The van der Waals surface area contributed by atoms with Gasteiger partial charge >= 0.3 is 6.09 Å². The fourth-order valence-electron chi connectivity index (χ4n) is 2.77. The van der Waals surface area contributed by atoms with Gasteiger partial charge in [-0.2, -0.15) is 0 Å². The van der Waals surface area contributed by atoms with Crippen LogP contribution in [-0.4, -0.2) is 46.3 Å². The van der Waals surface area contributed by atoms with E-state index in [2.05, 4.69) is 55.6 Å². The zero-order valence-corrected chi connectivity index (χ0v) is 20.2. The standard InChI is InChI=1S/C22H41N5O3/c1-10-11-16(25-19(29)30-21(5,6)7)18(28)26-17-12-27(15-24-17)22(8,9)14-23-13-20(2,3)4/h12,15-16,23H,10-11,13-14H2,1-9H3,(H,25,29)(H,26,28). The van der Waals surface area contributed by atoms with Crippen molar-refractivity contribution in [3.05, 3.63) is 12.5 Å². The Morgan fingerprint density at radius 1 is 1.10 bits per heavy atom. The molecular weight excluding hydrogens is 382 g/mol. The highest BCUT2D eigenvalue weighted by molar-refractivity contribution is 5.95. The molecule has 8 nitrogen and oxygen atoms in total. The maximum Gasteiger partial charge on any atom is 0.408 e. The third-order valence-electron chi connectivity index (χ3n) is 4.33. The number of aromatic nitrogens is 2. The molecule has 0 aliphatic carbocycles. The number of hydrogen-bond acceptors (Lipinski definition) is 5. The number of imidazole rings is 1. The molecule has 1 aromatic rings. The van der Waals surface area contributed by atoms with Crippen LogP contribution in [0.1, 0.15) is 75.2 Å². The summed E-state index contributed by atoms with van der Waals surface area (Å²) in [5.41, 5.74) is -0.624.